The zero-order chi connectivity index (χ0) is 13.1. The Morgan fingerprint density at radius 3 is 2.18 bits per heavy atom. The van der Waals surface area contributed by atoms with Crippen molar-refractivity contribution in [3.63, 3.8) is 0 Å². The summed E-state index contributed by atoms with van der Waals surface area (Å²) in [5.74, 6) is -0.0165. The summed E-state index contributed by atoms with van der Waals surface area (Å²) in [6.45, 7) is 5.73. The lowest BCUT2D eigenvalue weighted by atomic mass is 10.2. The van der Waals surface area contributed by atoms with Gasteiger partial charge in [-0.15, -0.1) is 0 Å². The molecule has 0 saturated carbocycles. The van der Waals surface area contributed by atoms with Crippen LogP contribution >= 0.6 is 0 Å². The molecule has 0 saturated heterocycles. The van der Waals surface area contributed by atoms with E-state index in [1.807, 2.05) is 4.90 Å². The summed E-state index contributed by atoms with van der Waals surface area (Å²) in [5.41, 5.74) is 5.07. The second-order valence-corrected chi connectivity index (χ2v) is 4.41. The van der Waals surface area contributed by atoms with Crippen LogP contribution in [0.2, 0.25) is 0 Å². The van der Waals surface area contributed by atoms with Gasteiger partial charge in [0, 0.05) is 25.9 Å². The van der Waals surface area contributed by atoms with Crippen molar-refractivity contribution in [2.24, 2.45) is 5.73 Å². The third-order valence-corrected chi connectivity index (χ3v) is 2.69. The van der Waals surface area contributed by atoms with Gasteiger partial charge >= 0.3 is 0 Å². The van der Waals surface area contributed by atoms with Crippen molar-refractivity contribution >= 4 is 11.8 Å². The lowest BCUT2D eigenvalue weighted by Crippen LogP contribution is -2.32. The molecule has 0 unspecified atom stereocenters. The highest BCUT2D eigenvalue weighted by molar-refractivity contribution is 5.76. The highest BCUT2D eigenvalue weighted by Gasteiger charge is 2.11. The maximum atomic E-state index is 11.9. The van der Waals surface area contributed by atoms with Crippen LogP contribution in [0.4, 0.5) is 0 Å². The van der Waals surface area contributed by atoms with E-state index in [1.165, 1.54) is 0 Å². The summed E-state index contributed by atoms with van der Waals surface area (Å²) in [4.78, 5) is 24.4. The quantitative estimate of drug-likeness (QED) is 0.596. The summed E-state index contributed by atoms with van der Waals surface area (Å²) in [6.07, 6.45) is 5.69. The van der Waals surface area contributed by atoms with E-state index in [2.05, 4.69) is 13.8 Å². The first-order valence-electron chi connectivity index (χ1n) is 6.67. The summed E-state index contributed by atoms with van der Waals surface area (Å²) < 4.78 is 0. The fraction of sp³-hybridized carbons (Fsp3) is 0.846. The van der Waals surface area contributed by atoms with Crippen molar-refractivity contribution in [2.45, 2.75) is 58.8 Å². The average Bonchev–Trinajstić information content (AvgIpc) is 2.29. The van der Waals surface area contributed by atoms with Crippen molar-refractivity contribution in [2.75, 3.05) is 13.1 Å². The number of nitrogens with zero attached hydrogens (tertiary/aromatic N) is 1. The molecule has 0 spiro atoms. The van der Waals surface area contributed by atoms with Gasteiger partial charge in [0.05, 0.1) is 0 Å². The molecule has 0 rings (SSSR count). The standard InChI is InChI=1S/C13H26N2O2/c1-3-5-9-13(17)15(10-4-2)11-7-6-8-12(14)16/h3-11H2,1-2H3,(H2,14,16). The van der Waals surface area contributed by atoms with Crippen LogP contribution < -0.4 is 5.73 Å². The summed E-state index contributed by atoms with van der Waals surface area (Å²) in [7, 11) is 0. The maximum Gasteiger partial charge on any atom is 0.222 e. The first-order chi connectivity index (χ1) is 8.11. The lowest BCUT2D eigenvalue weighted by molar-refractivity contribution is -0.131. The molecular weight excluding hydrogens is 216 g/mol. The monoisotopic (exact) mass is 242 g/mol. The van der Waals surface area contributed by atoms with Gasteiger partial charge in [0.1, 0.15) is 0 Å². The van der Waals surface area contributed by atoms with Gasteiger partial charge in [0.25, 0.3) is 0 Å². The molecule has 2 amide bonds. The van der Waals surface area contributed by atoms with Gasteiger partial charge in [-0.1, -0.05) is 20.3 Å². The lowest BCUT2D eigenvalue weighted by Gasteiger charge is -2.22. The number of amides is 2. The highest BCUT2D eigenvalue weighted by atomic mass is 16.2. The molecule has 17 heavy (non-hydrogen) atoms. The molecule has 0 aromatic heterocycles. The van der Waals surface area contributed by atoms with Gasteiger partial charge in [-0.3, -0.25) is 9.59 Å². The predicted molar refractivity (Wildman–Crippen MR) is 69.4 cm³/mol. The Kier molecular flexibility index (Phi) is 9.49. The third kappa shape index (κ3) is 8.72. The van der Waals surface area contributed by atoms with Gasteiger partial charge in [0.15, 0.2) is 0 Å². The van der Waals surface area contributed by atoms with Crippen molar-refractivity contribution in [3.8, 4) is 0 Å². The van der Waals surface area contributed by atoms with E-state index in [-0.39, 0.29) is 11.8 Å². The zero-order valence-corrected chi connectivity index (χ0v) is 11.2. The van der Waals surface area contributed by atoms with Crippen LogP contribution in [0.15, 0.2) is 0 Å². The summed E-state index contributed by atoms with van der Waals surface area (Å²) in [5, 5.41) is 0. The normalized spacial score (nSPS) is 10.2. The minimum absolute atomic E-state index is 0.243. The number of nitrogens with two attached hydrogens (primary N) is 1. The number of hydrogen-bond acceptors (Lipinski definition) is 2. The summed E-state index contributed by atoms with van der Waals surface area (Å²) >= 11 is 0. The van der Waals surface area contributed by atoms with Crippen LogP contribution in [0.3, 0.4) is 0 Å². The van der Waals surface area contributed by atoms with Gasteiger partial charge in [-0.05, 0) is 25.7 Å². The minimum atomic E-state index is -0.260. The predicted octanol–water partition coefficient (Wildman–Crippen LogP) is 2.07. The molecule has 100 valence electrons. The van der Waals surface area contributed by atoms with Crippen molar-refractivity contribution in [3.05, 3.63) is 0 Å². The Balaban J connectivity index is 3.88. The number of hydrogen-bond donors (Lipinski definition) is 1. The molecule has 2 N–H and O–H groups in total. The molecule has 0 heterocycles. The first-order valence-corrected chi connectivity index (χ1v) is 6.67. The Bertz CT molecular complexity index is 229. The molecular formula is C13H26N2O2. The van der Waals surface area contributed by atoms with Crippen molar-refractivity contribution < 1.29 is 9.59 Å². The average molecular weight is 242 g/mol. The molecule has 0 aromatic carbocycles. The van der Waals surface area contributed by atoms with Crippen LogP contribution in [0.1, 0.15) is 58.8 Å². The third-order valence-electron chi connectivity index (χ3n) is 2.69. The molecule has 0 aliphatic carbocycles. The van der Waals surface area contributed by atoms with Crippen LogP contribution in [-0.4, -0.2) is 29.8 Å². The Morgan fingerprint density at radius 1 is 0.941 bits per heavy atom. The molecule has 0 atom stereocenters. The van der Waals surface area contributed by atoms with E-state index < -0.39 is 0 Å². The fourth-order valence-corrected chi connectivity index (χ4v) is 1.72. The van der Waals surface area contributed by atoms with Gasteiger partial charge in [-0.2, -0.15) is 0 Å². The SMILES string of the molecule is CCCCC(=O)N(CCC)CCCCC(N)=O. The number of primary amides is 1. The Morgan fingerprint density at radius 2 is 1.65 bits per heavy atom. The topological polar surface area (TPSA) is 63.4 Å². The van der Waals surface area contributed by atoms with E-state index in [1.54, 1.807) is 0 Å². The molecule has 0 fully saturated rings. The van der Waals surface area contributed by atoms with E-state index in [0.29, 0.717) is 12.8 Å². The second-order valence-electron chi connectivity index (χ2n) is 4.41. The molecule has 0 bridgehead atoms. The van der Waals surface area contributed by atoms with Crippen molar-refractivity contribution in [1.82, 2.24) is 4.90 Å². The van der Waals surface area contributed by atoms with E-state index in [4.69, 9.17) is 5.73 Å². The van der Waals surface area contributed by atoms with Gasteiger partial charge in [0.2, 0.25) is 11.8 Å². The smallest absolute Gasteiger partial charge is 0.222 e. The highest BCUT2D eigenvalue weighted by Crippen LogP contribution is 2.05. The first kappa shape index (κ1) is 15.9. The van der Waals surface area contributed by atoms with Crippen LogP contribution in [0, 0.1) is 0 Å². The van der Waals surface area contributed by atoms with Crippen molar-refractivity contribution in [1.29, 1.82) is 0 Å². The second kappa shape index (κ2) is 10.1. The largest absolute Gasteiger partial charge is 0.370 e. The summed E-state index contributed by atoms with van der Waals surface area (Å²) in [6, 6.07) is 0. The van der Waals surface area contributed by atoms with Crippen LogP contribution in [0.25, 0.3) is 0 Å². The van der Waals surface area contributed by atoms with Gasteiger partial charge in [-0.25, -0.2) is 0 Å². The van der Waals surface area contributed by atoms with E-state index in [0.717, 1.165) is 45.2 Å². The number of rotatable bonds is 10. The Hall–Kier alpha value is -1.06. The molecule has 0 aromatic rings. The number of unbranched alkanes of at least 4 members (excludes halogenated alkanes) is 2. The van der Waals surface area contributed by atoms with E-state index >= 15 is 0 Å². The van der Waals surface area contributed by atoms with Gasteiger partial charge < -0.3 is 10.6 Å². The molecule has 4 heteroatoms. The minimum Gasteiger partial charge on any atom is -0.370 e. The maximum absolute atomic E-state index is 11.9. The molecule has 4 nitrogen and oxygen atoms in total. The molecule has 0 aliphatic rings. The molecule has 0 radical (unpaired) electrons. The van der Waals surface area contributed by atoms with Crippen LogP contribution in [-0.2, 0) is 9.59 Å². The number of carbonyl (C=O) groups is 2. The Labute approximate surface area is 105 Å². The van der Waals surface area contributed by atoms with Crippen LogP contribution in [0.5, 0.6) is 0 Å². The molecule has 0 aliphatic heterocycles. The number of carbonyl (C=O) groups excluding carboxylic acids is 2. The zero-order valence-electron chi connectivity index (χ0n) is 11.2. The van der Waals surface area contributed by atoms with E-state index in [9.17, 15) is 9.59 Å². The fourth-order valence-electron chi connectivity index (χ4n) is 1.72.